The second-order valence-electron chi connectivity index (χ2n) is 5.11. The molecule has 6 heteroatoms. The van der Waals surface area contributed by atoms with Crippen molar-refractivity contribution in [1.29, 1.82) is 0 Å². The Hall–Kier alpha value is -1.72. The van der Waals surface area contributed by atoms with Gasteiger partial charge in [-0.3, -0.25) is 4.79 Å². The molecule has 1 amide bonds. The van der Waals surface area contributed by atoms with Gasteiger partial charge in [-0.15, -0.1) is 0 Å². The maximum Gasteiger partial charge on any atom is 0.471 e. The Labute approximate surface area is 108 Å². The van der Waals surface area contributed by atoms with Crippen LogP contribution in [0.1, 0.15) is 25.0 Å². The van der Waals surface area contributed by atoms with E-state index in [4.69, 9.17) is 0 Å². The number of carbonyl (C=O) groups excluding carboxylic acids is 1. The molecule has 2 rings (SSSR count). The van der Waals surface area contributed by atoms with Crippen LogP contribution in [0.3, 0.4) is 0 Å². The number of amides is 1. The van der Waals surface area contributed by atoms with Gasteiger partial charge < -0.3 is 10.0 Å². The van der Waals surface area contributed by atoms with Gasteiger partial charge in [0.15, 0.2) is 0 Å². The number of phenolic OH excluding ortho intramolecular Hbond substituents is 1. The van der Waals surface area contributed by atoms with Gasteiger partial charge >= 0.3 is 12.1 Å². The minimum Gasteiger partial charge on any atom is -0.508 e. The van der Waals surface area contributed by atoms with E-state index in [9.17, 15) is 23.1 Å². The number of halogens is 3. The number of carbonyl (C=O) groups is 1. The highest BCUT2D eigenvalue weighted by molar-refractivity contribution is 5.83. The van der Waals surface area contributed by atoms with Crippen molar-refractivity contribution in [3.63, 3.8) is 0 Å². The van der Waals surface area contributed by atoms with E-state index in [1.807, 2.05) is 0 Å². The quantitative estimate of drug-likeness (QED) is 0.789. The summed E-state index contributed by atoms with van der Waals surface area (Å²) in [6, 6.07) is 4.52. The van der Waals surface area contributed by atoms with Gasteiger partial charge in [-0.2, -0.15) is 13.2 Å². The monoisotopic (exact) mass is 273 g/mol. The summed E-state index contributed by atoms with van der Waals surface area (Å²) in [5, 5.41) is 9.40. The molecule has 0 atom stereocenters. The Morgan fingerprint density at radius 3 is 2.58 bits per heavy atom. The number of aromatic hydroxyl groups is 1. The Kier molecular flexibility index (Phi) is 2.99. The Bertz CT molecular complexity index is 523. The number of hydrogen-bond acceptors (Lipinski definition) is 2. The van der Waals surface area contributed by atoms with Crippen molar-refractivity contribution in [2.75, 3.05) is 6.54 Å². The van der Waals surface area contributed by atoms with E-state index in [0.29, 0.717) is 12.0 Å². The molecule has 1 heterocycles. The van der Waals surface area contributed by atoms with E-state index in [-0.39, 0.29) is 12.3 Å². The van der Waals surface area contributed by atoms with Crippen LogP contribution in [-0.4, -0.2) is 28.6 Å². The zero-order valence-corrected chi connectivity index (χ0v) is 10.6. The van der Waals surface area contributed by atoms with Crippen molar-refractivity contribution in [3.8, 4) is 5.75 Å². The molecule has 0 fully saturated rings. The zero-order valence-electron chi connectivity index (χ0n) is 10.6. The van der Waals surface area contributed by atoms with E-state index in [0.717, 1.165) is 10.5 Å². The number of rotatable bonds is 0. The summed E-state index contributed by atoms with van der Waals surface area (Å²) in [6.07, 6.45) is -4.57. The van der Waals surface area contributed by atoms with E-state index >= 15 is 0 Å². The second kappa shape index (κ2) is 4.15. The largest absolute Gasteiger partial charge is 0.508 e. The highest BCUT2D eigenvalue weighted by Gasteiger charge is 2.48. The van der Waals surface area contributed by atoms with Crippen LogP contribution in [0.5, 0.6) is 5.75 Å². The van der Waals surface area contributed by atoms with Crippen LogP contribution in [0.25, 0.3) is 0 Å². The topological polar surface area (TPSA) is 40.5 Å². The molecule has 3 nitrogen and oxygen atoms in total. The molecule has 0 aliphatic carbocycles. The molecule has 0 spiro atoms. The van der Waals surface area contributed by atoms with Crippen molar-refractivity contribution in [1.82, 2.24) is 4.90 Å². The zero-order chi connectivity index (χ0) is 14.4. The fraction of sp³-hybridized carbons (Fsp3) is 0.462. The van der Waals surface area contributed by atoms with Crippen molar-refractivity contribution < 1.29 is 23.1 Å². The predicted molar refractivity (Wildman–Crippen MR) is 62.6 cm³/mol. The van der Waals surface area contributed by atoms with E-state index < -0.39 is 17.6 Å². The van der Waals surface area contributed by atoms with E-state index in [2.05, 4.69) is 0 Å². The Balaban J connectivity index is 2.44. The van der Waals surface area contributed by atoms with Crippen molar-refractivity contribution in [2.24, 2.45) is 0 Å². The smallest absolute Gasteiger partial charge is 0.471 e. The van der Waals surface area contributed by atoms with Crippen LogP contribution < -0.4 is 0 Å². The first-order chi connectivity index (χ1) is 8.64. The van der Waals surface area contributed by atoms with Crippen LogP contribution >= 0.6 is 0 Å². The third kappa shape index (κ3) is 2.27. The SMILES string of the molecule is CC1(C)c2ccc(O)cc2CCN1C(=O)C(F)(F)F. The first-order valence-electron chi connectivity index (χ1n) is 5.85. The molecule has 104 valence electrons. The fourth-order valence-electron chi connectivity index (χ4n) is 2.55. The minimum absolute atomic E-state index is 0.0121. The lowest BCUT2D eigenvalue weighted by molar-refractivity contribution is -0.191. The number of benzene rings is 1. The first kappa shape index (κ1) is 13.7. The lowest BCUT2D eigenvalue weighted by Gasteiger charge is -2.44. The van der Waals surface area contributed by atoms with Crippen LogP contribution in [0.15, 0.2) is 18.2 Å². The highest BCUT2D eigenvalue weighted by atomic mass is 19.4. The standard InChI is InChI=1S/C13H14F3NO2/c1-12(2)10-4-3-9(18)7-8(10)5-6-17(12)11(19)13(14,15)16/h3-4,7,18H,5-6H2,1-2H3. The average molecular weight is 273 g/mol. The predicted octanol–water partition coefficient (Wildman–Crippen LogP) is 2.57. The lowest BCUT2D eigenvalue weighted by Crippen LogP contribution is -2.54. The van der Waals surface area contributed by atoms with Crippen molar-refractivity contribution in [3.05, 3.63) is 29.3 Å². The summed E-state index contributed by atoms with van der Waals surface area (Å²) in [4.78, 5) is 12.3. The molecule has 1 aromatic carbocycles. The van der Waals surface area contributed by atoms with Crippen LogP contribution in [-0.2, 0) is 16.8 Å². The summed E-state index contributed by atoms with van der Waals surface area (Å²) < 4.78 is 37.8. The van der Waals surface area contributed by atoms with Gasteiger partial charge in [-0.05, 0) is 43.5 Å². The molecule has 1 N–H and O–H groups in total. The number of nitrogens with zero attached hydrogens (tertiary/aromatic N) is 1. The number of phenols is 1. The molecule has 0 bridgehead atoms. The molecule has 0 aromatic heterocycles. The van der Waals surface area contributed by atoms with E-state index in [1.54, 1.807) is 19.9 Å². The molecule has 0 radical (unpaired) electrons. The third-order valence-corrected chi connectivity index (χ3v) is 3.52. The molecule has 1 aromatic rings. The maximum atomic E-state index is 12.6. The van der Waals surface area contributed by atoms with Crippen molar-refractivity contribution in [2.45, 2.75) is 32.0 Å². The van der Waals surface area contributed by atoms with Gasteiger partial charge in [0.25, 0.3) is 0 Å². The van der Waals surface area contributed by atoms with Gasteiger partial charge in [0, 0.05) is 6.54 Å². The van der Waals surface area contributed by atoms with Crippen LogP contribution in [0.2, 0.25) is 0 Å². The molecule has 1 aliphatic heterocycles. The van der Waals surface area contributed by atoms with Gasteiger partial charge in [0.2, 0.25) is 0 Å². The van der Waals surface area contributed by atoms with Gasteiger partial charge in [0.1, 0.15) is 5.75 Å². The molecule has 0 saturated heterocycles. The first-order valence-corrected chi connectivity index (χ1v) is 5.85. The second-order valence-corrected chi connectivity index (χ2v) is 5.11. The van der Waals surface area contributed by atoms with E-state index in [1.165, 1.54) is 12.1 Å². The normalized spacial score (nSPS) is 18.1. The minimum atomic E-state index is -4.87. The molecule has 0 saturated carbocycles. The molecule has 1 aliphatic rings. The van der Waals surface area contributed by atoms with Crippen molar-refractivity contribution >= 4 is 5.91 Å². The Morgan fingerprint density at radius 2 is 2.00 bits per heavy atom. The van der Waals surface area contributed by atoms with Gasteiger partial charge in [0.05, 0.1) is 5.54 Å². The highest BCUT2D eigenvalue weighted by Crippen LogP contribution is 2.38. The molecular weight excluding hydrogens is 259 g/mol. The number of alkyl halides is 3. The summed E-state index contributed by atoms with van der Waals surface area (Å²) in [7, 11) is 0. The van der Waals surface area contributed by atoms with Crippen LogP contribution in [0, 0.1) is 0 Å². The third-order valence-electron chi connectivity index (χ3n) is 3.52. The molecule has 19 heavy (non-hydrogen) atoms. The number of hydrogen-bond donors (Lipinski definition) is 1. The molecule has 0 unspecified atom stereocenters. The van der Waals surface area contributed by atoms with Crippen LogP contribution in [0.4, 0.5) is 13.2 Å². The summed E-state index contributed by atoms with van der Waals surface area (Å²) >= 11 is 0. The Morgan fingerprint density at radius 1 is 1.37 bits per heavy atom. The van der Waals surface area contributed by atoms with Gasteiger partial charge in [-0.1, -0.05) is 6.07 Å². The maximum absolute atomic E-state index is 12.6. The average Bonchev–Trinajstić information content (AvgIpc) is 2.26. The summed E-state index contributed by atoms with van der Waals surface area (Å²) in [6.45, 7) is 3.14. The van der Waals surface area contributed by atoms with Gasteiger partial charge in [-0.25, -0.2) is 0 Å². The lowest BCUT2D eigenvalue weighted by atomic mass is 9.83. The summed E-state index contributed by atoms with van der Waals surface area (Å²) in [5.41, 5.74) is 0.360. The number of fused-ring (bicyclic) bond motifs is 1. The summed E-state index contributed by atoms with van der Waals surface area (Å²) in [5.74, 6) is -1.75. The molecular formula is C13H14F3NO2. The fourth-order valence-corrected chi connectivity index (χ4v) is 2.55.